The van der Waals surface area contributed by atoms with Gasteiger partial charge in [-0.3, -0.25) is 9.10 Å². The van der Waals surface area contributed by atoms with Crippen LogP contribution in [0, 0.1) is 0 Å². The lowest BCUT2D eigenvalue weighted by Crippen LogP contribution is -2.31. The number of anilines is 1. The summed E-state index contributed by atoms with van der Waals surface area (Å²) in [6.45, 7) is 6.11. The summed E-state index contributed by atoms with van der Waals surface area (Å²) in [6, 6.07) is 15.8. The van der Waals surface area contributed by atoms with Crippen molar-refractivity contribution in [3.8, 4) is 0 Å². The number of benzene rings is 2. The highest BCUT2D eigenvalue weighted by atomic mass is 32.2. The zero-order valence-electron chi connectivity index (χ0n) is 16.2. The molecule has 1 amide bonds. The summed E-state index contributed by atoms with van der Waals surface area (Å²) in [5, 5.41) is 3.83. The lowest BCUT2D eigenvalue weighted by Gasteiger charge is -2.23. The molecule has 3 aromatic rings. The zero-order valence-corrected chi connectivity index (χ0v) is 17.8. The van der Waals surface area contributed by atoms with E-state index >= 15 is 0 Å². The third-order valence-electron chi connectivity index (χ3n) is 4.62. The van der Waals surface area contributed by atoms with E-state index in [0.717, 1.165) is 16.5 Å². The van der Waals surface area contributed by atoms with Gasteiger partial charge >= 0.3 is 0 Å². The van der Waals surface area contributed by atoms with Gasteiger partial charge < -0.3 is 5.32 Å². The predicted molar refractivity (Wildman–Crippen MR) is 116 cm³/mol. The molecule has 0 spiro atoms. The number of amides is 1. The van der Waals surface area contributed by atoms with Crippen molar-refractivity contribution in [2.45, 2.75) is 38.1 Å². The number of hydrogen-bond donors (Lipinski definition) is 1. The van der Waals surface area contributed by atoms with Gasteiger partial charge in [0.05, 0.1) is 15.5 Å². The van der Waals surface area contributed by atoms with Crippen LogP contribution in [0.1, 0.15) is 36.9 Å². The van der Waals surface area contributed by atoms with Crippen LogP contribution in [0.4, 0.5) is 5.69 Å². The van der Waals surface area contributed by atoms with Crippen molar-refractivity contribution in [1.82, 2.24) is 5.32 Å². The lowest BCUT2D eigenvalue weighted by molar-refractivity contribution is 0.0943. The van der Waals surface area contributed by atoms with E-state index in [-0.39, 0.29) is 16.8 Å². The summed E-state index contributed by atoms with van der Waals surface area (Å²) in [5.74, 6) is -0.0960. The first-order valence-corrected chi connectivity index (χ1v) is 11.5. The third-order valence-corrected chi connectivity index (χ3v) is 7.65. The van der Waals surface area contributed by atoms with Crippen LogP contribution in [0.2, 0.25) is 0 Å². The summed E-state index contributed by atoms with van der Waals surface area (Å²) in [6.07, 6.45) is 0.865. The Labute approximate surface area is 170 Å². The second kappa shape index (κ2) is 8.32. The van der Waals surface area contributed by atoms with Gasteiger partial charge in [0.1, 0.15) is 0 Å². The van der Waals surface area contributed by atoms with Crippen LogP contribution in [0.25, 0.3) is 10.1 Å². The highest BCUT2D eigenvalue weighted by Crippen LogP contribution is 2.31. The van der Waals surface area contributed by atoms with Crippen molar-refractivity contribution in [2.75, 3.05) is 10.8 Å². The fraction of sp³-hybridized carbons (Fsp3) is 0.286. The van der Waals surface area contributed by atoms with E-state index < -0.39 is 10.0 Å². The molecular formula is C21H24N2O3S2. The molecule has 0 aliphatic carbocycles. The van der Waals surface area contributed by atoms with Crippen LogP contribution < -0.4 is 9.62 Å². The van der Waals surface area contributed by atoms with E-state index in [1.165, 1.54) is 15.6 Å². The standard InChI is InChI=1S/C21H24N2O3S2/c1-4-15(3)22-21(24)20-14-16-13-17(11-12-19(16)27-20)23(5-2)28(25,26)18-9-7-6-8-10-18/h6-15H,4-5H2,1-3H3,(H,22,24)/t15-/m1/s1. The minimum absolute atomic E-state index is 0.0960. The molecule has 2 aromatic carbocycles. The Kier molecular flexibility index (Phi) is 6.05. The topological polar surface area (TPSA) is 66.5 Å². The second-order valence-corrected chi connectivity index (χ2v) is 9.54. The van der Waals surface area contributed by atoms with Gasteiger partial charge in [-0.15, -0.1) is 11.3 Å². The highest BCUT2D eigenvalue weighted by molar-refractivity contribution is 7.92. The fourth-order valence-electron chi connectivity index (χ4n) is 2.91. The first kappa shape index (κ1) is 20.4. The first-order valence-electron chi connectivity index (χ1n) is 9.29. The Hall–Kier alpha value is -2.38. The van der Waals surface area contributed by atoms with Gasteiger partial charge in [0.25, 0.3) is 15.9 Å². The van der Waals surface area contributed by atoms with Crippen LogP contribution in [-0.4, -0.2) is 26.9 Å². The monoisotopic (exact) mass is 416 g/mol. The Bertz CT molecular complexity index is 1080. The molecular weight excluding hydrogens is 392 g/mol. The van der Waals surface area contributed by atoms with Crippen molar-refractivity contribution >= 4 is 43.0 Å². The molecule has 3 rings (SSSR count). The number of nitrogens with zero attached hydrogens (tertiary/aromatic N) is 1. The molecule has 1 aromatic heterocycles. The smallest absolute Gasteiger partial charge is 0.264 e. The number of hydrogen-bond acceptors (Lipinski definition) is 4. The maximum Gasteiger partial charge on any atom is 0.264 e. The van der Waals surface area contributed by atoms with E-state index in [0.29, 0.717) is 17.1 Å². The van der Waals surface area contributed by atoms with Crippen molar-refractivity contribution in [3.63, 3.8) is 0 Å². The first-order chi connectivity index (χ1) is 13.4. The van der Waals surface area contributed by atoms with Gasteiger partial charge in [-0.05, 0) is 62.1 Å². The van der Waals surface area contributed by atoms with Gasteiger partial charge in [-0.2, -0.15) is 0 Å². The van der Waals surface area contributed by atoms with Gasteiger partial charge in [-0.1, -0.05) is 25.1 Å². The molecule has 0 saturated carbocycles. The van der Waals surface area contributed by atoms with Crippen molar-refractivity contribution in [2.24, 2.45) is 0 Å². The van der Waals surface area contributed by atoms with Crippen LogP contribution >= 0.6 is 11.3 Å². The average Bonchev–Trinajstić information content (AvgIpc) is 3.12. The maximum absolute atomic E-state index is 13.0. The zero-order chi connectivity index (χ0) is 20.3. The molecule has 148 valence electrons. The molecule has 0 fully saturated rings. The fourth-order valence-corrected chi connectivity index (χ4v) is 5.34. The number of fused-ring (bicyclic) bond motifs is 1. The van der Waals surface area contributed by atoms with Crippen LogP contribution in [0.15, 0.2) is 59.5 Å². The Morgan fingerprint density at radius 1 is 1.11 bits per heavy atom. The molecule has 0 saturated heterocycles. The molecule has 1 N–H and O–H groups in total. The Balaban J connectivity index is 1.96. The minimum Gasteiger partial charge on any atom is -0.349 e. The maximum atomic E-state index is 13.0. The van der Waals surface area contributed by atoms with Crippen LogP contribution in [0.5, 0.6) is 0 Å². The number of nitrogens with one attached hydrogen (secondary N) is 1. The number of carbonyl (C=O) groups excluding carboxylic acids is 1. The summed E-state index contributed by atoms with van der Waals surface area (Å²) in [5.41, 5.74) is 0.588. The van der Waals surface area contributed by atoms with Gasteiger partial charge in [0.2, 0.25) is 0 Å². The molecule has 1 heterocycles. The molecule has 5 nitrogen and oxygen atoms in total. The number of thiophene rings is 1. The molecule has 7 heteroatoms. The molecule has 0 unspecified atom stereocenters. The molecule has 0 radical (unpaired) electrons. The van der Waals surface area contributed by atoms with Crippen LogP contribution in [-0.2, 0) is 10.0 Å². The predicted octanol–water partition coefficient (Wildman–Crippen LogP) is 4.64. The SMILES string of the molecule is CC[C@@H](C)NC(=O)c1cc2cc(N(CC)S(=O)(=O)c3ccccc3)ccc2s1. The van der Waals surface area contributed by atoms with Crippen molar-refractivity contribution in [3.05, 3.63) is 59.5 Å². The molecule has 28 heavy (non-hydrogen) atoms. The number of carbonyl (C=O) groups is 1. The molecule has 0 aliphatic heterocycles. The van der Waals surface area contributed by atoms with Gasteiger partial charge in [0, 0.05) is 17.3 Å². The van der Waals surface area contributed by atoms with E-state index in [9.17, 15) is 13.2 Å². The summed E-state index contributed by atoms with van der Waals surface area (Å²) in [4.78, 5) is 13.3. The lowest BCUT2D eigenvalue weighted by atomic mass is 10.2. The molecule has 0 bridgehead atoms. The molecule has 1 atom stereocenters. The quantitative estimate of drug-likeness (QED) is 0.610. The van der Waals surface area contributed by atoms with Gasteiger partial charge in [-0.25, -0.2) is 8.42 Å². The summed E-state index contributed by atoms with van der Waals surface area (Å²) < 4.78 is 28.4. The average molecular weight is 417 g/mol. The summed E-state index contributed by atoms with van der Waals surface area (Å²) >= 11 is 1.41. The largest absolute Gasteiger partial charge is 0.349 e. The third kappa shape index (κ3) is 4.05. The second-order valence-electron chi connectivity index (χ2n) is 6.60. The molecule has 0 aliphatic rings. The van der Waals surface area contributed by atoms with Crippen LogP contribution in [0.3, 0.4) is 0 Å². The number of rotatable bonds is 7. The van der Waals surface area contributed by atoms with Crippen molar-refractivity contribution in [1.29, 1.82) is 0 Å². The Morgan fingerprint density at radius 3 is 2.46 bits per heavy atom. The van der Waals surface area contributed by atoms with E-state index in [1.54, 1.807) is 36.4 Å². The van der Waals surface area contributed by atoms with E-state index in [1.807, 2.05) is 39.0 Å². The van der Waals surface area contributed by atoms with E-state index in [4.69, 9.17) is 0 Å². The minimum atomic E-state index is -3.64. The van der Waals surface area contributed by atoms with Gasteiger partial charge in [0.15, 0.2) is 0 Å². The van der Waals surface area contributed by atoms with E-state index in [2.05, 4.69) is 5.32 Å². The highest BCUT2D eigenvalue weighted by Gasteiger charge is 2.24. The van der Waals surface area contributed by atoms with Crippen molar-refractivity contribution < 1.29 is 13.2 Å². The Morgan fingerprint density at radius 2 is 1.82 bits per heavy atom. The number of sulfonamides is 1. The normalized spacial score (nSPS) is 12.7. The summed E-state index contributed by atoms with van der Waals surface area (Å²) in [7, 11) is -3.64.